The second-order valence-corrected chi connectivity index (χ2v) is 8.37. The normalized spacial score (nSPS) is 30.4. The third-order valence-electron chi connectivity index (χ3n) is 5.26. The highest BCUT2D eigenvalue weighted by Gasteiger charge is 2.32. The maximum absolute atomic E-state index is 10.1. The molecule has 2 N–H and O–H groups in total. The van der Waals surface area contributed by atoms with Gasteiger partial charge in [0.25, 0.3) is 0 Å². The summed E-state index contributed by atoms with van der Waals surface area (Å²) in [6.45, 7) is 4.48. The van der Waals surface area contributed by atoms with E-state index in [0.29, 0.717) is 24.0 Å². The van der Waals surface area contributed by atoms with E-state index in [0.717, 1.165) is 25.3 Å². The predicted molar refractivity (Wildman–Crippen MR) is 91.0 cm³/mol. The first-order chi connectivity index (χ1) is 10.1. The third-order valence-corrected chi connectivity index (χ3v) is 6.68. The average molecular weight is 316 g/mol. The van der Waals surface area contributed by atoms with Gasteiger partial charge in [0.05, 0.1) is 18.8 Å². The number of rotatable bonds is 8. The highest BCUT2D eigenvalue weighted by Crippen LogP contribution is 2.39. The largest absolute Gasteiger partial charge is 0.389 e. The molecule has 3 nitrogen and oxygen atoms in total. The molecule has 0 radical (unpaired) electrons. The molecule has 2 rings (SSSR count). The van der Waals surface area contributed by atoms with Crippen LogP contribution in [0.3, 0.4) is 0 Å². The quantitative estimate of drug-likeness (QED) is 0.722. The van der Waals surface area contributed by atoms with E-state index >= 15 is 0 Å². The molecule has 0 aromatic carbocycles. The molecule has 2 saturated carbocycles. The van der Waals surface area contributed by atoms with E-state index in [9.17, 15) is 5.11 Å². The van der Waals surface area contributed by atoms with Gasteiger partial charge < -0.3 is 15.2 Å². The Morgan fingerprint density at radius 1 is 1.24 bits per heavy atom. The average Bonchev–Trinajstić information content (AvgIpc) is 2.96. The minimum atomic E-state index is -0.371. The maximum atomic E-state index is 10.1. The van der Waals surface area contributed by atoms with Crippen molar-refractivity contribution in [3.05, 3.63) is 0 Å². The Bertz CT molecular complexity index is 287. The third kappa shape index (κ3) is 5.74. The number of aliphatic hydroxyl groups is 1. The van der Waals surface area contributed by atoms with Crippen LogP contribution >= 0.6 is 11.8 Å². The van der Waals surface area contributed by atoms with Crippen LogP contribution in [0.15, 0.2) is 0 Å². The maximum Gasteiger partial charge on any atom is 0.0897 e. The fourth-order valence-electron chi connectivity index (χ4n) is 3.64. The minimum Gasteiger partial charge on any atom is -0.389 e. The van der Waals surface area contributed by atoms with Crippen LogP contribution in [-0.4, -0.2) is 48.0 Å². The van der Waals surface area contributed by atoms with E-state index in [1.54, 1.807) is 0 Å². The summed E-state index contributed by atoms with van der Waals surface area (Å²) in [4.78, 5) is 0. The van der Waals surface area contributed by atoms with Crippen molar-refractivity contribution in [2.24, 2.45) is 5.92 Å². The van der Waals surface area contributed by atoms with Gasteiger partial charge in [0.2, 0.25) is 0 Å². The van der Waals surface area contributed by atoms with Gasteiger partial charge in [-0.25, -0.2) is 0 Å². The molecule has 2 aliphatic rings. The molecule has 2 fully saturated rings. The number of aliphatic hydroxyl groups excluding tert-OH is 1. The van der Waals surface area contributed by atoms with Crippen molar-refractivity contribution in [3.63, 3.8) is 0 Å². The lowest BCUT2D eigenvalue weighted by Gasteiger charge is -2.29. The fraction of sp³-hybridized carbons (Fsp3) is 1.00. The molecule has 0 saturated heterocycles. The zero-order chi connectivity index (χ0) is 15.1. The smallest absolute Gasteiger partial charge is 0.0897 e. The van der Waals surface area contributed by atoms with E-state index in [4.69, 9.17) is 4.74 Å². The molecule has 124 valence electrons. The van der Waals surface area contributed by atoms with Crippen LogP contribution in [0.5, 0.6) is 0 Å². The van der Waals surface area contributed by atoms with E-state index in [1.807, 2.05) is 11.8 Å². The molecule has 1 atom stereocenters. The van der Waals surface area contributed by atoms with Crippen LogP contribution < -0.4 is 5.32 Å². The predicted octanol–water partition coefficient (Wildman–Crippen LogP) is 3.21. The Labute approximate surface area is 134 Å². The molecular formula is C17H33NO2S. The van der Waals surface area contributed by atoms with E-state index < -0.39 is 0 Å². The Hall–Kier alpha value is 0.230. The van der Waals surface area contributed by atoms with E-state index in [-0.39, 0.29) is 6.10 Å². The van der Waals surface area contributed by atoms with Gasteiger partial charge in [0.1, 0.15) is 0 Å². The van der Waals surface area contributed by atoms with Crippen molar-refractivity contribution in [3.8, 4) is 0 Å². The SMILES string of the molecule is CSC1(CNCC(O)COC2CCC(C)CC2)CCCC1. The molecule has 0 aromatic rings. The molecule has 0 bridgehead atoms. The second kappa shape index (κ2) is 8.76. The van der Waals surface area contributed by atoms with Crippen molar-refractivity contribution < 1.29 is 9.84 Å². The van der Waals surface area contributed by atoms with Gasteiger partial charge >= 0.3 is 0 Å². The second-order valence-electron chi connectivity index (χ2n) is 7.09. The van der Waals surface area contributed by atoms with E-state index in [1.165, 1.54) is 38.5 Å². The summed E-state index contributed by atoms with van der Waals surface area (Å²) in [5.41, 5.74) is 0. The monoisotopic (exact) mass is 315 g/mol. The fourth-order valence-corrected chi connectivity index (χ4v) is 4.58. The number of thioether (sulfide) groups is 1. The number of ether oxygens (including phenoxy) is 1. The first kappa shape index (κ1) is 17.6. The highest BCUT2D eigenvalue weighted by molar-refractivity contribution is 8.00. The molecule has 0 spiro atoms. The molecule has 0 aliphatic heterocycles. The summed E-state index contributed by atoms with van der Waals surface area (Å²) in [6.07, 6.45) is 12.4. The van der Waals surface area contributed by atoms with Crippen molar-refractivity contribution >= 4 is 11.8 Å². The van der Waals surface area contributed by atoms with Crippen LogP contribution in [0, 0.1) is 5.92 Å². The molecule has 2 aliphatic carbocycles. The molecule has 21 heavy (non-hydrogen) atoms. The summed E-state index contributed by atoms with van der Waals surface area (Å²) < 4.78 is 6.29. The Morgan fingerprint density at radius 3 is 2.52 bits per heavy atom. The summed E-state index contributed by atoms with van der Waals surface area (Å²) in [5, 5.41) is 13.5. The molecular weight excluding hydrogens is 282 g/mol. The molecule has 1 unspecified atom stereocenters. The van der Waals surface area contributed by atoms with E-state index in [2.05, 4.69) is 18.5 Å². The molecule has 4 heteroatoms. The zero-order valence-electron chi connectivity index (χ0n) is 13.8. The summed E-state index contributed by atoms with van der Waals surface area (Å²) in [6, 6.07) is 0. The van der Waals surface area contributed by atoms with Gasteiger partial charge in [-0.2, -0.15) is 11.8 Å². The van der Waals surface area contributed by atoms with Crippen molar-refractivity contribution in [2.45, 2.75) is 75.2 Å². The molecule has 0 amide bonds. The van der Waals surface area contributed by atoms with Gasteiger partial charge in [0, 0.05) is 17.8 Å². The van der Waals surface area contributed by atoms with Crippen molar-refractivity contribution in [1.29, 1.82) is 0 Å². The summed E-state index contributed by atoms with van der Waals surface area (Å²) in [7, 11) is 0. The van der Waals surface area contributed by atoms with Crippen LogP contribution in [0.25, 0.3) is 0 Å². The Kier molecular flexibility index (Phi) is 7.33. The molecule has 0 aromatic heterocycles. The van der Waals surface area contributed by atoms with Crippen LogP contribution in [0.1, 0.15) is 58.3 Å². The first-order valence-electron chi connectivity index (χ1n) is 8.69. The van der Waals surface area contributed by atoms with Gasteiger partial charge in [-0.1, -0.05) is 19.8 Å². The molecule has 0 heterocycles. The van der Waals surface area contributed by atoms with Crippen LogP contribution in [0.2, 0.25) is 0 Å². The topological polar surface area (TPSA) is 41.5 Å². The van der Waals surface area contributed by atoms with Gasteiger partial charge in [-0.3, -0.25) is 0 Å². The highest BCUT2D eigenvalue weighted by atomic mass is 32.2. The first-order valence-corrected chi connectivity index (χ1v) is 9.91. The number of hydrogen-bond acceptors (Lipinski definition) is 4. The summed E-state index contributed by atoms with van der Waals surface area (Å²) >= 11 is 1.99. The lowest BCUT2D eigenvalue weighted by atomic mass is 9.89. The number of hydrogen-bond donors (Lipinski definition) is 2. The Morgan fingerprint density at radius 2 is 1.90 bits per heavy atom. The van der Waals surface area contributed by atoms with Gasteiger partial charge in [-0.15, -0.1) is 0 Å². The summed E-state index contributed by atoms with van der Waals surface area (Å²) in [5.74, 6) is 0.852. The lowest BCUT2D eigenvalue weighted by Crippen LogP contribution is -2.40. The lowest BCUT2D eigenvalue weighted by molar-refractivity contribution is -0.0278. The van der Waals surface area contributed by atoms with Crippen LogP contribution in [-0.2, 0) is 4.74 Å². The van der Waals surface area contributed by atoms with Gasteiger partial charge in [0.15, 0.2) is 0 Å². The number of nitrogens with one attached hydrogen (secondary N) is 1. The standard InChI is InChI=1S/C17H33NO2S/c1-14-5-7-16(8-6-14)20-12-15(19)11-18-13-17(21-2)9-3-4-10-17/h14-16,18-19H,3-13H2,1-2H3. The van der Waals surface area contributed by atoms with Gasteiger partial charge in [-0.05, 0) is 50.7 Å². The van der Waals surface area contributed by atoms with Crippen LogP contribution in [0.4, 0.5) is 0 Å². The zero-order valence-corrected chi connectivity index (χ0v) is 14.6. The van der Waals surface area contributed by atoms with Crippen molar-refractivity contribution in [1.82, 2.24) is 5.32 Å². The minimum absolute atomic E-state index is 0.371. The van der Waals surface area contributed by atoms with Crippen molar-refractivity contribution in [2.75, 3.05) is 26.0 Å². The Balaban J connectivity index is 1.56.